The Balaban J connectivity index is 2.66. The van der Waals surface area contributed by atoms with Crippen LogP contribution in [-0.4, -0.2) is 41.0 Å². The normalized spacial score (nSPS) is 17.6. The van der Waals surface area contributed by atoms with Gasteiger partial charge in [0.05, 0.1) is 5.41 Å². The van der Waals surface area contributed by atoms with Crippen LogP contribution < -0.4 is 5.32 Å². The second-order valence-corrected chi connectivity index (χ2v) is 7.27. The molecule has 0 heterocycles. The number of carboxylic acids is 1. The lowest BCUT2D eigenvalue weighted by atomic mass is 9.78. The number of carbonyl (C=O) groups is 2. The molecule has 0 radical (unpaired) electrons. The highest BCUT2D eigenvalue weighted by atomic mass is 16.6. The molecule has 0 aromatic heterocycles. The zero-order chi connectivity index (χ0) is 16.8. The first-order valence-corrected chi connectivity index (χ1v) is 8.00. The third kappa shape index (κ3) is 6.64. The summed E-state index contributed by atoms with van der Waals surface area (Å²) in [5, 5.41) is 21.2. The topological polar surface area (TPSA) is 95.9 Å². The molecule has 0 bridgehead atoms. The van der Waals surface area contributed by atoms with E-state index in [1.807, 2.05) is 0 Å². The number of aliphatic hydroxyl groups is 1. The van der Waals surface area contributed by atoms with Crippen LogP contribution in [0.25, 0.3) is 0 Å². The molecule has 6 heteroatoms. The van der Waals surface area contributed by atoms with Gasteiger partial charge in [-0.3, -0.25) is 4.79 Å². The van der Waals surface area contributed by atoms with Gasteiger partial charge in [0.1, 0.15) is 5.60 Å². The SMILES string of the molecule is CC(C)(C)OC(=O)NCC(CCCCO)(CC1CC1)C(=O)O. The van der Waals surface area contributed by atoms with Crippen LogP contribution in [0.4, 0.5) is 4.79 Å². The minimum absolute atomic E-state index is 0.0542. The molecule has 6 nitrogen and oxygen atoms in total. The first-order valence-electron chi connectivity index (χ1n) is 8.00. The Kier molecular flexibility index (Phi) is 6.66. The summed E-state index contributed by atoms with van der Waals surface area (Å²) >= 11 is 0. The molecule has 128 valence electrons. The molecule has 0 aromatic carbocycles. The number of carboxylic acid groups (broad SMARTS) is 1. The molecule has 0 saturated heterocycles. The molecule has 0 spiro atoms. The van der Waals surface area contributed by atoms with E-state index in [-0.39, 0.29) is 13.2 Å². The monoisotopic (exact) mass is 315 g/mol. The Bertz CT molecular complexity index is 386. The smallest absolute Gasteiger partial charge is 0.407 e. The van der Waals surface area contributed by atoms with Gasteiger partial charge in [-0.2, -0.15) is 0 Å². The summed E-state index contributed by atoms with van der Waals surface area (Å²) in [6, 6.07) is 0. The van der Waals surface area contributed by atoms with Crippen LogP contribution in [0.1, 0.15) is 59.3 Å². The fraction of sp³-hybridized carbons (Fsp3) is 0.875. The van der Waals surface area contributed by atoms with Gasteiger partial charge in [0.2, 0.25) is 0 Å². The lowest BCUT2D eigenvalue weighted by Crippen LogP contribution is -2.45. The maximum absolute atomic E-state index is 11.8. The Hall–Kier alpha value is -1.30. The Morgan fingerprint density at radius 1 is 1.23 bits per heavy atom. The Morgan fingerprint density at radius 2 is 1.86 bits per heavy atom. The van der Waals surface area contributed by atoms with Gasteiger partial charge in [-0.05, 0) is 52.4 Å². The van der Waals surface area contributed by atoms with Crippen molar-refractivity contribution in [2.45, 2.75) is 64.9 Å². The quantitative estimate of drug-likeness (QED) is 0.568. The molecule has 3 N–H and O–H groups in total. The van der Waals surface area contributed by atoms with Gasteiger partial charge >= 0.3 is 12.1 Å². The summed E-state index contributed by atoms with van der Waals surface area (Å²) < 4.78 is 5.18. The number of aliphatic carboxylic acids is 1. The molecule has 1 aliphatic carbocycles. The average Bonchev–Trinajstić information content (AvgIpc) is 3.17. The van der Waals surface area contributed by atoms with Crippen molar-refractivity contribution in [2.75, 3.05) is 13.2 Å². The van der Waals surface area contributed by atoms with Crippen molar-refractivity contribution < 1.29 is 24.5 Å². The van der Waals surface area contributed by atoms with Crippen molar-refractivity contribution in [2.24, 2.45) is 11.3 Å². The van der Waals surface area contributed by atoms with Crippen LogP contribution in [-0.2, 0) is 9.53 Å². The Labute approximate surface area is 132 Å². The average molecular weight is 315 g/mol. The summed E-state index contributed by atoms with van der Waals surface area (Å²) in [4.78, 5) is 23.6. The van der Waals surface area contributed by atoms with Crippen molar-refractivity contribution in [1.82, 2.24) is 5.32 Å². The molecule has 1 atom stereocenters. The van der Waals surface area contributed by atoms with E-state index in [0.29, 0.717) is 31.6 Å². The third-order valence-electron chi connectivity index (χ3n) is 3.86. The molecule has 1 rings (SSSR count). The van der Waals surface area contributed by atoms with Gasteiger partial charge in [-0.25, -0.2) is 4.79 Å². The number of alkyl carbamates (subject to hydrolysis) is 1. The van der Waals surface area contributed by atoms with E-state index in [0.717, 1.165) is 12.8 Å². The number of hydrogen-bond acceptors (Lipinski definition) is 4. The second-order valence-electron chi connectivity index (χ2n) is 7.27. The number of ether oxygens (including phenoxy) is 1. The van der Waals surface area contributed by atoms with Crippen LogP contribution in [0.15, 0.2) is 0 Å². The van der Waals surface area contributed by atoms with Crippen molar-refractivity contribution in [3.63, 3.8) is 0 Å². The molecule has 0 aliphatic heterocycles. The molecular weight excluding hydrogens is 286 g/mol. The fourth-order valence-electron chi connectivity index (χ4n) is 2.54. The van der Waals surface area contributed by atoms with Gasteiger partial charge in [-0.15, -0.1) is 0 Å². The summed E-state index contributed by atoms with van der Waals surface area (Å²) in [6.45, 7) is 5.42. The van der Waals surface area contributed by atoms with Crippen molar-refractivity contribution in [3.8, 4) is 0 Å². The maximum atomic E-state index is 11.8. The first kappa shape index (κ1) is 18.7. The zero-order valence-electron chi connectivity index (χ0n) is 13.9. The van der Waals surface area contributed by atoms with E-state index >= 15 is 0 Å². The van der Waals surface area contributed by atoms with Gasteiger partial charge in [0.25, 0.3) is 0 Å². The fourth-order valence-corrected chi connectivity index (χ4v) is 2.54. The van der Waals surface area contributed by atoms with E-state index in [1.54, 1.807) is 20.8 Å². The predicted molar refractivity (Wildman–Crippen MR) is 82.6 cm³/mol. The first-order chi connectivity index (χ1) is 10.2. The molecule has 1 fully saturated rings. The van der Waals surface area contributed by atoms with E-state index in [2.05, 4.69) is 5.32 Å². The third-order valence-corrected chi connectivity index (χ3v) is 3.86. The number of unbranched alkanes of at least 4 members (excludes halogenated alkanes) is 1. The van der Waals surface area contributed by atoms with E-state index in [4.69, 9.17) is 9.84 Å². The van der Waals surface area contributed by atoms with Crippen LogP contribution >= 0.6 is 0 Å². The highest BCUT2D eigenvalue weighted by Gasteiger charge is 2.43. The summed E-state index contributed by atoms with van der Waals surface area (Å²) in [6.07, 6.45) is 3.76. The van der Waals surface area contributed by atoms with Crippen molar-refractivity contribution in [1.29, 1.82) is 0 Å². The standard InChI is InChI=1S/C16H29NO5/c1-15(2,3)22-14(21)17-11-16(13(19)20,8-4-5-9-18)10-12-6-7-12/h12,18H,4-11H2,1-3H3,(H,17,21)(H,19,20). The van der Waals surface area contributed by atoms with Crippen molar-refractivity contribution in [3.05, 3.63) is 0 Å². The molecular formula is C16H29NO5. The highest BCUT2D eigenvalue weighted by molar-refractivity contribution is 5.76. The van der Waals surface area contributed by atoms with Crippen LogP contribution in [0.5, 0.6) is 0 Å². The number of aliphatic hydroxyl groups excluding tert-OH is 1. The number of hydrogen-bond donors (Lipinski definition) is 3. The van der Waals surface area contributed by atoms with Crippen LogP contribution in [0.3, 0.4) is 0 Å². The zero-order valence-corrected chi connectivity index (χ0v) is 13.9. The number of rotatable bonds is 9. The lowest BCUT2D eigenvalue weighted by molar-refractivity contribution is -0.150. The maximum Gasteiger partial charge on any atom is 0.407 e. The predicted octanol–water partition coefficient (Wildman–Crippen LogP) is 2.54. The summed E-state index contributed by atoms with van der Waals surface area (Å²) in [5.74, 6) is -0.445. The van der Waals surface area contributed by atoms with Gasteiger partial charge < -0.3 is 20.3 Å². The second kappa shape index (κ2) is 7.81. The van der Waals surface area contributed by atoms with Gasteiger partial charge in [-0.1, -0.05) is 12.8 Å². The van der Waals surface area contributed by atoms with Gasteiger partial charge in [0, 0.05) is 13.2 Å². The molecule has 1 amide bonds. The molecule has 0 aromatic rings. The summed E-state index contributed by atoms with van der Waals surface area (Å²) in [7, 11) is 0. The highest BCUT2D eigenvalue weighted by Crippen LogP contribution is 2.43. The number of amides is 1. The van der Waals surface area contributed by atoms with E-state index in [1.165, 1.54) is 0 Å². The Morgan fingerprint density at radius 3 is 2.32 bits per heavy atom. The van der Waals surface area contributed by atoms with Gasteiger partial charge in [0.15, 0.2) is 0 Å². The van der Waals surface area contributed by atoms with E-state index < -0.39 is 23.1 Å². The largest absolute Gasteiger partial charge is 0.481 e. The molecule has 1 saturated carbocycles. The summed E-state index contributed by atoms with van der Waals surface area (Å²) in [5.41, 5.74) is -1.57. The molecule has 22 heavy (non-hydrogen) atoms. The molecule has 1 unspecified atom stereocenters. The van der Waals surface area contributed by atoms with Crippen LogP contribution in [0, 0.1) is 11.3 Å². The lowest BCUT2D eigenvalue weighted by Gasteiger charge is -2.30. The molecule has 1 aliphatic rings. The van der Waals surface area contributed by atoms with Crippen LogP contribution in [0.2, 0.25) is 0 Å². The number of carbonyl (C=O) groups excluding carboxylic acids is 1. The minimum atomic E-state index is -0.965. The number of nitrogens with one attached hydrogen (secondary N) is 1. The minimum Gasteiger partial charge on any atom is -0.481 e. The van der Waals surface area contributed by atoms with Crippen molar-refractivity contribution >= 4 is 12.1 Å². The van der Waals surface area contributed by atoms with E-state index in [9.17, 15) is 14.7 Å².